The molecule has 0 unspecified atom stereocenters. The number of rotatable bonds is 5. The molecule has 4 rings (SSSR count). The van der Waals surface area contributed by atoms with E-state index in [9.17, 15) is 4.79 Å². The van der Waals surface area contributed by atoms with Crippen LogP contribution in [0.5, 0.6) is 11.5 Å². The molecular weight excluding hydrogens is 342 g/mol. The molecular formula is C22H25NO4. The lowest BCUT2D eigenvalue weighted by Gasteiger charge is -2.32. The summed E-state index contributed by atoms with van der Waals surface area (Å²) in [5.74, 6) is 1.65. The Morgan fingerprint density at radius 1 is 1.04 bits per heavy atom. The van der Waals surface area contributed by atoms with Gasteiger partial charge in [-0.1, -0.05) is 36.4 Å². The molecule has 2 aliphatic rings. The average molecular weight is 367 g/mol. The minimum atomic E-state index is -0.0181. The van der Waals surface area contributed by atoms with E-state index in [1.54, 1.807) is 0 Å². The highest BCUT2D eigenvalue weighted by Crippen LogP contribution is 2.38. The molecule has 2 heterocycles. The zero-order valence-electron chi connectivity index (χ0n) is 15.6. The summed E-state index contributed by atoms with van der Waals surface area (Å²) in [5.41, 5.74) is 2.20. The van der Waals surface area contributed by atoms with Crippen LogP contribution in [0.2, 0.25) is 0 Å². The smallest absolute Gasteiger partial charge is 0.231 e. The second-order valence-electron chi connectivity index (χ2n) is 7.13. The van der Waals surface area contributed by atoms with Gasteiger partial charge in [0.2, 0.25) is 12.7 Å². The van der Waals surface area contributed by atoms with Crippen molar-refractivity contribution < 1.29 is 19.0 Å². The summed E-state index contributed by atoms with van der Waals surface area (Å²) in [6.45, 7) is 1.71. The van der Waals surface area contributed by atoms with Crippen LogP contribution in [0.15, 0.2) is 48.5 Å². The molecule has 1 fully saturated rings. The monoisotopic (exact) mass is 367 g/mol. The van der Waals surface area contributed by atoms with E-state index < -0.39 is 0 Å². The van der Waals surface area contributed by atoms with Crippen molar-refractivity contribution in [2.75, 3.05) is 27.1 Å². The molecule has 2 aromatic rings. The van der Waals surface area contributed by atoms with E-state index in [1.807, 2.05) is 48.3 Å². The number of hydrogen-bond acceptors (Lipinski definition) is 4. The van der Waals surface area contributed by atoms with Gasteiger partial charge in [-0.15, -0.1) is 0 Å². The van der Waals surface area contributed by atoms with Gasteiger partial charge >= 0.3 is 0 Å². The Labute approximate surface area is 159 Å². The third kappa shape index (κ3) is 3.93. The summed E-state index contributed by atoms with van der Waals surface area (Å²) in [5, 5.41) is 0. The first-order chi connectivity index (χ1) is 13.2. The van der Waals surface area contributed by atoms with Crippen LogP contribution in [0, 0.1) is 0 Å². The Kier molecular flexibility index (Phi) is 5.30. The number of carbonyl (C=O) groups excluding carboxylic acids is 1. The SMILES string of the molecule is CN(C(=O)C[C@@H](c1ccccc1)c1ccc2c(c1)OCO2)C1CCOCC1. The van der Waals surface area contributed by atoms with Crippen LogP contribution in [-0.2, 0) is 9.53 Å². The summed E-state index contributed by atoms with van der Waals surface area (Å²) < 4.78 is 16.4. The number of amides is 1. The third-order valence-electron chi connectivity index (χ3n) is 5.51. The Bertz CT molecular complexity index is 786. The zero-order valence-corrected chi connectivity index (χ0v) is 15.6. The van der Waals surface area contributed by atoms with Crippen molar-refractivity contribution in [1.82, 2.24) is 4.90 Å². The summed E-state index contributed by atoms with van der Waals surface area (Å²) in [6.07, 6.45) is 2.24. The van der Waals surface area contributed by atoms with E-state index in [0.717, 1.165) is 48.7 Å². The minimum absolute atomic E-state index is 0.0181. The van der Waals surface area contributed by atoms with Crippen LogP contribution >= 0.6 is 0 Å². The second-order valence-corrected chi connectivity index (χ2v) is 7.13. The fourth-order valence-electron chi connectivity index (χ4n) is 3.84. The van der Waals surface area contributed by atoms with E-state index in [1.165, 1.54) is 0 Å². The quantitative estimate of drug-likeness (QED) is 0.811. The van der Waals surface area contributed by atoms with Crippen molar-refractivity contribution >= 4 is 5.91 Å². The number of ether oxygens (including phenoxy) is 3. The molecule has 1 atom stereocenters. The van der Waals surface area contributed by atoms with Crippen LogP contribution in [0.3, 0.4) is 0 Å². The van der Waals surface area contributed by atoms with E-state index in [4.69, 9.17) is 14.2 Å². The van der Waals surface area contributed by atoms with Crippen LogP contribution < -0.4 is 9.47 Å². The second kappa shape index (κ2) is 8.01. The molecule has 0 aliphatic carbocycles. The lowest BCUT2D eigenvalue weighted by Crippen LogP contribution is -2.41. The van der Waals surface area contributed by atoms with Gasteiger partial charge in [0.15, 0.2) is 11.5 Å². The number of carbonyl (C=O) groups is 1. The average Bonchev–Trinajstić information content (AvgIpc) is 3.20. The van der Waals surface area contributed by atoms with Crippen molar-refractivity contribution in [3.8, 4) is 11.5 Å². The largest absolute Gasteiger partial charge is 0.454 e. The maximum atomic E-state index is 13.1. The lowest BCUT2D eigenvalue weighted by atomic mass is 9.87. The first-order valence-corrected chi connectivity index (χ1v) is 9.50. The lowest BCUT2D eigenvalue weighted by molar-refractivity contribution is -0.133. The highest BCUT2D eigenvalue weighted by molar-refractivity contribution is 5.78. The zero-order chi connectivity index (χ0) is 18.6. The summed E-state index contributed by atoms with van der Waals surface area (Å²) in [6, 6.07) is 16.4. The number of fused-ring (bicyclic) bond motifs is 1. The molecule has 1 saturated heterocycles. The molecule has 0 aromatic heterocycles. The molecule has 1 amide bonds. The standard InChI is InChI=1S/C22H25NO4/c1-23(18-9-11-25-12-10-18)22(24)14-19(16-5-3-2-4-6-16)17-7-8-20-21(13-17)27-15-26-20/h2-8,13,18-19H,9-12,14-15H2,1H3/t19-/m0/s1. The van der Waals surface area contributed by atoms with Crippen molar-refractivity contribution in [3.05, 3.63) is 59.7 Å². The third-order valence-corrected chi connectivity index (χ3v) is 5.51. The van der Waals surface area contributed by atoms with E-state index >= 15 is 0 Å². The molecule has 142 valence electrons. The van der Waals surface area contributed by atoms with Gasteiger partial charge in [0.25, 0.3) is 0 Å². The predicted molar refractivity (Wildman–Crippen MR) is 102 cm³/mol. The highest BCUT2D eigenvalue weighted by Gasteiger charge is 2.27. The Hall–Kier alpha value is -2.53. The fraction of sp³-hybridized carbons (Fsp3) is 0.409. The number of benzene rings is 2. The molecule has 0 radical (unpaired) electrons. The molecule has 27 heavy (non-hydrogen) atoms. The predicted octanol–water partition coefficient (Wildman–Crippen LogP) is 3.57. The fourth-order valence-corrected chi connectivity index (χ4v) is 3.84. The summed E-state index contributed by atoms with van der Waals surface area (Å²) >= 11 is 0. The van der Waals surface area contributed by atoms with Gasteiger partial charge in [0.1, 0.15) is 0 Å². The molecule has 0 N–H and O–H groups in total. The molecule has 2 aliphatic heterocycles. The Balaban J connectivity index is 1.58. The molecule has 0 saturated carbocycles. The summed E-state index contributed by atoms with van der Waals surface area (Å²) in [7, 11) is 1.92. The van der Waals surface area contributed by atoms with E-state index in [2.05, 4.69) is 12.1 Å². The normalized spacial score (nSPS) is 17.5. The first kappa shape index (κ1) is 17.9. The van der Waals surface area contributed by atoms with Gasteiger partial charge in [-0.25, -0.2) is 0 Å². The van der Waals surface area contributed by atoms with Crippen LogP contribution in [0.1, 0.15) is 36.3 Å². The molecule has 5 nitrogen and oxygen atoms in total. The van der Waals surface area contributed by atoms with Gasteiger partial charge < -0.3 is 19.1 Å². The highest BCUT2D eigenvalue weighted by atomic mass is 16.7. The van der Waals surface area contributed by atoms with Crippen molar-refractivity contribution in [2.45, 2.75) is 31.2 Å². The molecule has 5 heteroatoms. The van der Waals surface area contributed by atoms with E-state index in [-0.39, 0.29) is 24.7 Å². The van der Waals surface area contributed by atoms with Crippen molar-refractivity contribution in [1.29, 1.82) is 0 Å². The number of hydrogen-bond donors (Lipinski definition) is 0. The Morgan fingerprint density at radius 3 is 2.56 bits per heavy atom. The Morgan fingerprint density at radius 2 is 1.78 bits per heavy atom. The first-order valence-electron chi connectivity index (χ1n) is 9.50. The minimum Gasteiger partial charge on any atom is -0.454 e. The molecule has 0 spiro atoms. The van der Waals surface area contributed by atoms with E-state index in [0.29, 0.717) is 6.42 Å². The van der Waals surface area contributed by atoms with Crippen LogP contribution in [0.4, 0.5) is 0 Å². The van der Waals surface area contributed by atoms with Crippen LogP contribution in [0.25, 0.3) is 0 Å². The van der Waals surface area contributed by atoms with Gasteiger partial charge in [-0.2, -0.15) is 0 Å². The molecule has 0 bridgehead atoms. The maximum absolute atomic E-state index is 13.1. The topological polar surface area (TPSA) is 48.0 Å². The maximum Gasteiger partial charge on any atom is 0.231 e. The summed E-state index contributed by atoms with van der Waals surface area (Å²) in [4.78, 5) is 15.0. The van der Waals surface area contributed by atoms with Gasteiger partial charge in [-0.05, 0) is 36.1 Å². The molecule has 2 aromatic carbocycles. The van der Waals surface area contributed by atoms with Gasteiger partial charge in [0.05, 0.1) is 0 Å². The van der Waals surface area contributed by atoms with Gasteiger partial charge in [0, 0.05) is 38.6 Å². The van der Waals surface area contributed by atoms with Gasteiger partial charge in [-0.3, -0.25) is 4.79 Å². The van der Waals surface area contributed by atoms with Crippen molar-refractivity contribution in [2.24, 2.45) is 0 Å². The van der Waals surface area contributed by atoms with Crippen molar-refractivity contribution in [3.63, 3.8) is 0 Å². The van der Waals surface area contributed by atoms with Crippen LogP contribution in [-0.4, -0.2) is 43.9 Å². The number of nitrogens with zero attached hydrogens (tertiary/aromatic N) is 1.